The standard InChI is InChI=1S/C9H14N2O2S2/c1-6-8(15-5-11-6)2-3-14-4-7(10)9(12)13/h5,7H,2-4,10H2,1H3,(H,12,13). The number of carboxylic acid groups (broad SMARTS) is 1. The normalized spacial score (nSPS) is 12.7. The third-order valence-electron chi connectivity index (χ3n) is 1.93. The van der Waals surface area contributed by atoms with Crippen molar-refractivity contribution >= 4 is 29.1 Å². The molecule has 3 N–H and O–H groups in total. The van der Waals surface area contributed by atoms with Crippen LogP contribution in [0.25, 0.3) is 0 Å². The van der Waals surface area contributed by atoms with Crippen LogP contribution in [0.5, 0.6) is 0 Å². The highest BCUT2D eigenvalue weighted by atomic mass is 32.2. The van der Waals surface area contributed by atoms with E-state index in [9.17, 15) is 4.79 Å². The number of aliphatic carboxylic acids is 1. The molecular formula is C9H14N2O2S2. The molecule has 0 radical (unpaired) electrons. The average molecular weight is 246 g/mol. The van der Waals surface area contributed by atoms with E-state index in [0.717, 1.165) is 17.9 Å². The fourth-order valence-electron chi connectivity index (χ4n) is 1.01. The Labute approximate surface area is 96.9 Å². The summed E-state index contributed by atoms with van der Waals surface area (Å²) in [7, 11) is 0. The Morgan fingerprint density at radius 1 is 1.80 bits per heavy atom. The number of thioether (sulfide) groups is 1. The Kier molecular flexibility index (Phi) is 5.07. The molecule has 0 saturated carbocycles. The minimum Gasteiger partial charge on any atom is -0.480 e. The van der Waals surface area contributed by atoms with Crippen LogP contribution in [-0.4, -0.2) is 33.6 Å². The molecule has 1 rings (SSSR count). The van der Waals surface area contributed by atoms with Gasteiger partial charge < -0.3 is 10.8 Å². The van der Waals surface area contributed by atoms with Crippen molar-refractivity contribution in [1.82, 2.24) is 4.98 Å². The second kappa shape index (κ2) is 6.09. The Bertz CT molecular complexity index is 328. The number of thiazole rings is 1. The van der Waals surface area contributed by atoms with Gasteiger partial charge in [-0.2, -0.15) is 11.8 Å². The SMILES string of the molecule is Cc1ncsc1CCSCC(N)C(=O)O. The van der Waals surface area contributed by atoms with E-state index in [0.29, 0.717) is 5.75 Å². The molecule has 0 bridgehead atoms. The number of nitrogens with two attached hydrogens (primary N) is 1. The first-order valence-corrected chi connectivity index (χ1v) is 6.59. The lowest BCUT2D eigenvalue weighted by Crippen LogP contribution is -2.32. The molecular weight excluding hydrogens is 232 g/mol. The number of nitrogens with zero attached hydrogens (tertiary/aromatic N) is 1. The van der Waals surface area contributed by atoms with Gasteiger partial charge in [0.25, 0.3) is 0 Å². The summed E-state index contributed by atoms with van der Waals surface area (Å²) in [5.41, 5.74) is 8.28. The topological polar surface area (TPSA) is 76.2 Å². The molecule has 4 nitrogen and oxygen atoms in total. The number of hydrogen-bond acceptors (Lipinski definition) is 5. The van der Waals surface area contributed by atoms with Crippen molar-refractivity contribution in [2.45, 2.75) is 19.4 Å². The monoisotopic (exact) mass is 246 g/mol. The lowest BCUT2D eigenvalue weighted by molar-refractivity contribution is -0.137. The lowest BCUT2D eigenvalue weighted by Gasteiger charge is -2.05. The van der Waals surface area contributed by atoms with Crippen molar-refractivity contribution in [3.05, 3.63) is 16.1 Å². The minimum absolute atomic E-state index is 0.465. The molecule has 0 saturated heterocycles. The first-order valence-electron chi connectivity index (χ1n) is 4.56. The number of rotatable bonds is 6. The van der Waals surface area contributed by atoms with Gasteiger partial charge in [-0.3, -0.25) is 4.79 Å². The summed E-state index contributed by atoms with van der Waals surface area (Å²) >= 11 is 3.21. The molecule has 1 unspecified atom stereocenters. The van der Waals surface area contributed by atoms with Crippen molar-refractivity contribution in [3.8, 4) is 0 Å². The molecule has 0 aliphatic carbocycles. The van der Waals surface area contributed by atoms with Gasteiger partial charge in [-0.05, 0) is 19.1 Å². The molecule has 0 aliphatic heterocycles. The smallest absolute Gasteiger partial charge is 0.321 e. The largest absolute Gasteiger partial charge is 0.480 e. The molecule has 1 aromatic heterocycles. The number of aromatic nitrogens is 1. The lowest BCUT2D eigenvalue weighted by atomic mass is 10.3. The zero-order chi connectivity index (χ0) is 11.3. The van der Waals surface area contributed by atoms with E-state index in [4.69, 9.17) is 10.8 Å². The van der Waals surface area contributed by atoms with Crippen LogP contribution in [0.15, 0.2) is 5.51 Å². The molecule has 84 valence electrons. The van der Waals surface area contributed by atoms with Gasteiger partial charge in [-0.1, -0.05) is 0 Å². The summed E-state index contributed by atoms with van der Waals surface area (Å²) in [6.45, 7) is 1.99. The highest BCUT2D eigenvalue weighted by molar-refractivity contribution is 7.99. The molecule has 15 heavy (non-hydrogen) atoms. The van der Waals surface area contributed by atoms with E-state index in [1.54, 1.807) is 23.1 Å². The fraction of sp³-hybridized carbons (Fsp3) is 0.556. The van der Waals surface area contributed by atoms with Crippen LogP contribution < -0.4 is 5.73 Å². The quantitative estimate of drug-likeness (QED) is 0.736. The van der Waals surface area contributed by atoms with Gasteiger partial charge in [0.05, 0.1) is 11.2 Å². The summed E-state index contributed by atoms with van der Waals surface area (Å²) in [4.78, 5) is 15.8. The molecule has 0 aliphatic rings. The number of carboxylic acids is 1. The summed E-state index contributed by atoms with van der Waals surface area (Å²) in [5.74, 6) is 0.425. The maximum atomic E-state index is 10.4. The molecule has 1 heterocycles. The van der Waals surface area contributed by atoms with E-state index < -0.39 is 12.0 Å². The second-order valence-electron chi connectivity index (χ2n) is 3.13. The van der Waals surface area contributed by atoms with E-state index in [2.05, 4.69) is 4.98 Å². The average Bonchev–Trinajstić information content (AvgIpc) is 2.58. The number of carbonyl (C=O) groups is 1. The Balaban J connectivity index is 2.17. The van der Waals surface area contributed by atoms with E-state index in [-0.39, 0.29) is 0 Å². The van der Waals surface area contributed by atoms with Crippen LogP contribution in [0.1, 0.15) is 10.6 Å². The molecule has 1 atom stereocenters. The first kappa shape index (κ1) is 12.5. The van der Waals surface area contributed by atoms with Crippen molar-refractivity contribution in [2.75, 3.05) is 11.5 Å². The Morgan fingerprint density at radius 2 is 2.53 bits per heavy atom. The Morgan fingerprint density at radius 3 is 3.07 bits per heavy atom. The summed E-state index contributed by atoms with van der Waals surface area (Å²) < 4.78 is 0. The summed E-state index contributed by atoms with van der Waals surface area (Å²) in [5, 5.41) is 8.56. The van der Waals surface area contributed by atoms with Crippen LogP contribution in [0.4, 0.5) is 0 Å². The maximum Gasteiger partial charge on any atom is 0.321 e. The minimum atomic E-state index is -0.934. The maximum absolute atomic E-state index is 10.4. The van der Waals surface area contributed by atoms with Gasteiger partial charge in [0.1, 0.15) is 6.04 Å². The van der Waals surface area contributed by atoms with E-state index in [1.807, 2.05) is 12.4 Å². The van der Waals surface area contributed by atoms with Gasteiger partial charge in [-0.25, -0.2) is 4.98 Å². The number of aryl methyl sites for hydroxylation is 2. The molecule has 1 aromatic rings. The van der Waals surface area contributed by atoms with Crippen molar-refractivity contribution in [1.29, 1.82) is 0 Å². The van der Waals surface area contributed by atoms with Gasteiger partial charge in [0.2, 0.25) is 0 Å². The zero-order valence-corrected chi connectivity index (χ0v) is 10.1. The first-order chi connectivity index (χ1) is 7.11. The van der Waals surface area contributed by atoms with E-state index in [1.165, 1.54) is 4.88 Å². The number of hydrogen-bond donors (Lipinski definition) is 2. The predicted molar refractivity (Wildman–Crippen MR) is 63.5 cm³/mol. The molecule has 0 amide bonds. The molecule has 0 spiro atoms. The third-order valence-corrected chi connectivity index (χ3v) is 4.02. The van der Waals surface area contributed by atoms with Crippen LogP contribution in [0.3, 0.4) is 0 Å². The van der Waals surface area contributed by atoms with Crippen molar-refractivity contribution in [2.24, 2.45) is 5.73 Å². The van der Waals surface area contributed by atoms with Gasteiger partial charge >= 0.3 is 5.97 Å². The zero-order valence-electron chi connectivity index (χ0n) is 8.47. The molecule has 0 aromatic carbocycles. The van der Waals surface area contributed by atoms with E-state index >= 15 is 0 Å². The predicted octanol–water partition coefficient (Wildman–Crippen LogP) is 1.14. The van der Waals surface area contributed by atoms with Crippen molar-refractivity contribution in [3.63, 3.8) is 0 Å². The van der Waals surface area contributed by atoms with Crippen molar-refractivity contribution < 1.29 is 9.90 Å². The highest BCUT2D eigenvalue weighted by Gasteiger charge is 2.10. The van der Waals surface area contributed by atoms with Crippen LogP contribution in [-0.2, 0) is 11.2 Å². The van der Waals surface area contributed by atoms with Gasteiger partial charge in [0, 0.05) is 10.6 Å². The highest BCUT2D eigenvalue weighted by Crippen LogP contribution is 2.15. The second-order valence-corrected chi connectivity index (χ2v) is 5.22. The Hall–Kier alpha value is -0.590. The van der Waals surface area contributed by atoms with Gasteiger partial charge in [0.15, 0.2) is 0 Å². The third kappa shape index (κ3) is 4.19. The van der Waals surface area contributed by atoms with Gasteiger partial charge in [-0.15, -0.1) is 11.3 Å². The summed E-state index contributed by atoms with van der Waals surface area (Å²) in [6, 6.07) is -0.752. The van der Waals surface area contributed by atoms with Crippen LogP contribution in [0.2, 0.25) is 0 Å². The summed E-state index contributed by atoms with van der Waals surface area (Å²) in [6.07, 6.45) is 0.938. The molecule has 6 heteroatoms. The fourth-order valence-corrected chi connectivity index (χ4v) is 2.83. The van der Waals surface area contributed by atoms with Crippen LogP contribution >= 0.6 is 23.1 Å². The molecule has 0 fully saturated rings. The van der Waals surface area contributed by atoms with Crippen LogP contribution in [0, 0.1) is 6.92 Å².